The molecule has 1 fully saturated rings. The third-order valence-electron chi connectivity index (χ3n) is 5.27. The Bertz CT molecular complexity index is 1190. The third-order valence-corrected chi connectivity index (χ3v) is 5.92. The number of pyridine rings is 1. The molecule has 1 aromatic heterocycles. The van der Waals surface area contributed by atoms with Gasteiger partial charge in [-0.15, -0.1) is 0 Å². The first-order valence-corrected chi connectivity index (χ1v) is 11.6. The minimum Gasteiger partial charge on any atom is -0.494 e. The van der Waals surface area contributed by atoms with Crippen LogP contribution in [0.15, 0.2) is 72.9 Å². The lowest BCUT2D eigenvalue weighted by Crippen LogP contribution is -2.37. The van der Waals surface area contributed by atoms with Crippen molar-refractivity contribution in [3.63, 3.8) is 0 Å². The molecule has 0 saturated carbocycles. The summed E-state index contributed by atoms with van der Waals surface area (Å²) in [5.74, 6) is 0.129. The van der Waals surface area contributed by atoms with Crippen LogP contribution in [0.4, 0.5) is 11.4 Å². The fourth-order valence-electron chi connectivity index (χ4n) is 3.72. The minimum absolute atomic E-state index is 0.0733. The molecule has 0 bridgehead atoms. The van der Waals surface area contributed by atoms with Crippen molar-refractivity contribution in [2.75, 3.05) is 16.8 Å². The van der Waals surface area contributed by atoms with Crippen LogP contribution in [0.1, 0.15) is 19.0 Å². The maximum atomic E-state index is 13.5. The highest BCUT2D eigenvalue weighted by Gasteiger charge is 2.44. The maximum absolute atomic E-state index is 13.5. The number of ether oxygens (including phenoxy) is 1. The predicted octanol–water partition coefficient (Wildman–Crippen LogP) is 4.66. The topological polar surface area (TPSA) is 74.8 Å². The van der Waals surface area contributed by atoms with Crippen LogP contribution in [0.2, 0.25) is 5.02 Å². The predicted molar refractivity (Wildman–Crippen MR) is 136 cm³/mol. The molecular weight excluding hydrogens is 472 g/mol. The fraction of sp³-hybridized carbons (Fsp3) is 0.200. The highest BCUT2D eigenvalue weighted by Crippen LogP contribution is 2.30. The number of benzene rings is 2. The number of anilines is 2. The second-order valence-electron chi connectivity index (χ2n) is 7.61. The number of nitrogens with zero attached hydrogens (tertiary/aromatic N) is 3. The van der Waals surface area contributed by atoms with Gasteiger partial charge in [-0.1, -0.05) is 23.7 Å². The van der Waals surface area contributed by atoms with E-state index in [-0.39, 0.29) is 18.2 Å². The molecule has 0 radical (unpaired) electrons. The van der Waals surface area contributed by atoms with Crippen molar-refractivity contribution in [2.45, 2.75) is 25.9 Å². The molecule has 7 nitrogen and oxygen atoms in total. The van der Waals surface area contributed by atoms with Crippen LogP contribution in [-0.2, 0) is 16.1 Å². The molecule has 2 amide bonds. The van der Waals surface area contributed by atoms with E-state index in [0.717, 1.165) is 11.4 Å². The van der Waals surface area contributed by atoms with Gasteiger partial charge in [-0.2, -0.15) is 0 Å². The number of halogens is 1. The fourth-order valence-corrected chi connectivity index (χ4v) is 4.29. The quantitative estimate of drug-likeness (QED) is 0.459. The van der Waals surface area contributed by atoms with Gasteiger partial charge in [0.15, 0.2) is 5.11 Å². The Hall–Kier alpha value is -3.49. The highest BCUT2D eigenvalue weighted by atomic mass is 35.5. The molecule has 1 saturated heterocycles. The average Bonchev–Trinajstić information content (AvgIpc) is 3.05. The summed E-state index contributed by atoms with van der Waals surface area (Å²) < 4.78 is 5.43. The van der Waals surface area contributed by atoms with Gasteiger partial charge in [0.1, 0.15) is 11.8 Å². The molecular formula is C25H23ClN4O3S. The normalized spacial score (nSPS) is 15.5. The summed E-state index contributed by atoms with van der Waals surface area (Å²) in [5.41, 5.74) is 1.91. The number of carbonyl (C=O) groups excluding carboxylic acids is 2. The van der Waals surface area contributed by atoms with Gasteiger partial charge in [-0.05, 0) is 73.7 Å². The smallest absolute Gasteiger partial charge is 0.256 e. The van der Waals surface area contributed by atoms with Gasteiger partial charge in [-0.25, -0.2) is 0 Å². The van der Waals surface area contributed by atoms with E-state index >= 15 is 0 Å². The van der Waals surface area contributed by atoms with E-state index in [1.807, 2.05) is 25.1 Å². The summed E-state index contributed by atoms with van der Waals surface area (Å²) in [6.45, 7) is 2.76. The van der Waals surface area contributed by atoms with Crippen LogP contribution in [0.5, 0.6) is 5.75 Å². The number of hydrogen-bond acceptors (Lipinski definition) is 5. The average molecular weight is 495 g/mol. The maximum Gasteiger partial charge on any atom is 0.256 e. The third kappa shape index (κ3) is 5.35. The van der Waals surface area contributed by atoms with Crippen LogP contribution < -0.4 is 15.0 Å². The summed E-state index contributed by atoms with van der Waals surface area (Å²) in [7, 11) is 0. The van der Waals surface area contributed by atoms with Crippen molar-refractivity contribution < 1.29 is 14.3 Å². The molecule has 1 N–H and O–H groups in total. The number of thiocarbonyl (C=S) groups is 1. The number of nitrogens with one attached hydrogen (secondary N) is 1. The van der Waals surface area contributed by atoms with Gasteiger partial charge in [0.25, 0.3) is 5.91 Å². The van der Waals surface area contributed by atoms with Crippen molar-refractivity contribution in [3.8, 4) is 5.75 Å². The van der Waals surface area contributed by atoms with E-state index in [1.165, 1.54) is 4.90 Å². The lowest BCUT2D eigenvalue weighted by molar-refractivity contribution is -0.124. The number of aromatic nitrogens is 1. The Morgan fingerprint density at radius 3 is 2.62 bits per heavy atom. The molecule has 1 aliphatic heterocycles. The Morgan fingerprint density at radius 2 is 1.94 bits per heavy atom. The summed E-state index contributed by atoms with van der Waals surface area (Å²) in [5, 5.41) is 3.64. The zero-order valence-electron chi connectivity index (χ0n) is 18.5. The Balaban J connectivity index is 1.56. The minimum atomic E-state index is -0.781. The van der Waals surface area contributed by atoms with E-state index in [2.05, 4.69) is 10.3 Å². The van der Waals surface area contributed by atoms with Gasteiger partial charge in [0, 0.05) is 16.9 Å². The molecule has 3 aromatic rings. The molecule has 2 aromatic carbocycles. The molecule has 0 aliphatic carbocycles. The molecule has 1 atom stereocenters. The first kappa shape index (κ1) is 23.7. The lowest BCUT2D eigenvalue weighted by atomic mass is 10.1. The first-order valence-electron chi connectivity index (χ1n) is 10.8. The van der Waals surface area contributed by atoms with Crippen molar-refractivity contribution in [1.29, 1.82) is 0 Å². The second-order valence-corrected chi connectivity index (χ2v) is 8.41. The highest BCUT2D eigenvalue weighted by molar-refractivity contribution is 7.80. The monoisotopic (exact) mass is 494 g/mol. The molecule has 0 unspecified atom stereocenters. The number of rotatable bonds is 8. The number of hydrogen-bond donors (Lipinski definition) is 1. The second kappa shape index (κ2) is 10.6. The Morgan fingerprint density at radius 1 is 1.15 bits per heavy atom. The lowest BCUT2D eigenvalue weighted by Gasteiger charge is -2.23. The summed E-state index contributed by atoms with van der Waals surface area (Å²) in [6, 6.07) is 18.7. The zero-order valence-corrected chi connectivity index (χ0v) is 20.1. The van der Waals surface area contributed by atoms with Crippen LogP contribution >= 0.6 is 23.8 Å². The molecule has 0 spiro atoms. The Labute approximate surface area is 208 Å². The van der Waals surface area contributed by atoms with Gasteiger partial charge in [0.2, 0.25) is 5.91 Å². The van der Waals surface area contributed by atoms with Gasteiger partial charge >= 0.3 is 0 Å². The summed E-state index contributed by atoms with van der Waals surface area (Å²) >= 11 is 11.8. The number of carbonyl (C=O) groups is 2. The summed E-state index contributed by atoms with van der Waals surface area (Å²) in [6.07, 6.45) is 1.61. The molecule has 34 heavy (non-hydrogen) atoms. The van der Waals surface area contributed by atoms with Crippen LogP contribution in [-0.4, -0.2) is 39.5 Å². The van der Waals surface area contributed by atoms with E-state index in [9.17, 15) is 9.59 Å². The van der Waals surface area contributed by atoms with Crippen LogP contribution in [0, 0.1) is 0 Å². The molecule has 1 aliphatic rings. The molecule has 2 heterocycles. The van der Waals surface area contributed by atoms with Gasteiger partial charge < -0.3 is 15.0 Å². The molecule has 174 valence electrons. The van der Waals surface area contributed by atoms with Crippen LogP contribution in [0.25, 0.3) is 0 Å². The van der Waals surface area contributed by atoms with E-state index in [0.29, 0.717) is 34.7 Å². The standard InChI is InChI=1S/C25H23ClN4O3S/c1-2-33-21-11-9-18(10-12-21)28-23(31)15-22-24(32)30(20-8-5-6-17(26)14-20)25(34)29(22)16-19-7-3-4-13-27-19/h3-14,22H,2,15-16H2,1H3,(H,28,31)/t22-/m0/s1. The van der Waals surface area contributed by atoms with Crippen molar-refractivity contribution in [2.24, 2.45) is 0 Å². The largest absolute Gasteiger partial charge is 0.494 e. The zero-order chi connectivity index (χ0) is 24.1. The van der Waals surface area contributed by atoms with Gasteiger partial charge in [-0.3, -0.25) is 19.5 Å². The number of amides is 2. The van der Waals surface area contributed by atoms with Gasteiger partial charge in [0.05, 0.1) is 31.0 Å². The van der Waals surface area contributed by atoms with E-state index in [4.69, 9.17) is 28.6 Å². The summed E-state index contributed by atoms with van der Waals surface area (Å²) in [4.78, 5) is 33.9. The van der Waals surface area contributed by atoms with E-state index < -0.39 is 6.04 Å². The molecule has 9 heteroatoms. The van der Waals surface area contributed by atoms with Crippen molar-refractivity contribution in [1.82, 2.24) is 9.88 Å². The molecule has 4 rings (SSSR count). The Kier molecular flexibility index (Phi) is 7.40. The first-order chi connectivity index (χ1) is 16.5. The van der Waals surface area contributed by atoms with E-state index in [1.54, 1.807) is 59.6 Å². The van der Waals surface area contributed by atoms with Crippen molar-refractivity contribution in [3.05, 3.63) is 83.6 Å². The van der Waals surface area contributed by atoms with Crippen LogP contribution in [0.3, 0.4) is 0 Å². The SMILES string of the molecule is CCOc1ccc(NC(=O)C[C@H]2C(=O)N(c3cccc(Cl)c3)C(=S)N2Cc2ccccn2)cc1. The van der Waals surface area contributed by atoms with Crippen molar-refractivity contribution >= 4 is 52.1 Å².